The van der Waals surface area contributed by atoms with Crippen LogP contribution in [0.15, 0.2) is 59.4 Å². The zero-order chi connectivity index (χ0) is 22.7. The van der Waals surface area contributed by atoms with Crippen LogP contribution in [0.2, 0.25) is 0 Å². The molecule has 0 N–H and O–H groups in total. The van der Waals surface area contributed by atoms with Gasteiger partial charge in [-0.1, -0.05) is 0 Å². The molecule has 0 amide bonds. The molecule has 32 heavy (non-hydrogen) atoms. The zero-order valence-electron chi connectivity index (χ0n) is 18.2. The van der Waals surface area contributed by atoms with Crippen molar-refractivity contribution in [1.82, 2.24) is 3.56 Å². The molecule has 0 saturated heterocycles. The molecule has 0 fully saturated rings. The summed E-state index contributed by atoms with van der Waals surface area (Å²) in [4.78, 5) is 13.0. The molecule has 0 spiro atoms. The number of hydrogen-bond donors (Lipinski definition) is 0. The Labute approximate surface area is 192 Å². The normalized spacial score (nSPS) is 11.1. The van der Waals surface area contributed by atoms with E-state index in [-0.39, 0.29) is 20.3 Å². The molecule has 0 aliphatic carbocycles. The van der Waals surface area contributed by atoms with E-state index in [1.807, 2.05) is 64.2 Å². The molecule has 3 aromatic carbocycles. The quantitative estimate of drug-likeness (QED) is 0.283. The van der Waals surface area contributed by atoms with E-state index >= 15 is 0 Å². The number of benzene rings is 3. The average molecular weight is 496 g/mol. The van der Waals surface area contributed by atoms with Gasteiger partial charge >= 0.3 is 192 Å². The Kier molecular flexibility index (Phi) is 6.40. The summed E-state index contributed by atoms with van der Waals surface area (Å²) in [6.07, 6.45) is 4.01. The number of hydrogen-bond acceptors (Lipinski definition) is 5. The third-order valence-corrected chi connectivity index (χ3v) is 7.35. The first kappa shape index (κ1) is 21.8. The molecular formula is C25H23NO5Se. The fourth-order valence-electron chi connectivity index (χ4n) is 3.36. The first-order chi connectivity index (χ1) is 15.6. The summed E-state index contributed by atoms with van der Waals surface area (Å²) in [6.45, 7) is 0. The van der Waals surface area contributed by atoms with Gasteiger partial charge in [0.15, 0.2) is 0 Å². The molecule has 4 rings (SSSR count). The average Bonchev–Trinajstić information content (AvgIpc) is 3.17. The SMILES string of the molecule is COc1cc(/C=C/c2ccc(-n3[se]c4cc(OC)c(OC)cc4c3=O)cc2)cc(OC)c1. The minimum absolute atomic E-state index is 0.0206. The van der Waals surface area contributed by atoms with E-state index in [1.165, 1.54) is 0 Å². The molecule has 1 heterocycles. The van der Waals surface area contributed by atoms with E-state index in [2.05, 4.69) is 0 Å². The monoisotopic (exact) mass is 497 g/mol. The summed E-state index contributed by atoms with van der Waals surface area (Å²) < 4.78 is 24.2. The molecule has 0 aliphatic rings. The van der Waals surface area contributed by atoms with Gasteiger partial charge in [-0.15, -0.1) is 0 Å². The van der Waals surface area contributed by atoms with Gasteiger partial charge in [-0.25, -0.2) is 0 Å². The molecule has 164 valence electrons. The summed E-state index contributed by atoms with van der Waals surface area (Å²) in [5.74, 6) is 2.67. The van der Waals surface area contributed by atoms with Crippen LogP contribution in [0.3, 0.4) is 0 Å². The van der Waals surface area contributed by atoms with Crippen LogP contribution in [-0.4, -0.2) is 46.7 Å². The maximum absolute atomic E-state index is 13.0. The zero-order valence-corrected chi connectivity index (χ0v) is 20.0. The predicted octanol–water partition coefficient (Wildman–Crippen LogP) is 4.25. The molecule has 7 heteroatoms. The van der Waals surface area contributed by atoms with Crippen LogP contribution >= 0.6 is 0 Å². The number of methoxy groups -OCH3 is 4. The van der Waals surface area contributed by atoms with Crippen molar-refractivity contribution in [3.8, 4) is 28.7 Å². The fourth-order valence-corrected chi connectivity index (χ4v) is 5.48. The second-order valence-electron chi connectivity index (χ2n) is 6.97. The van der Waals surface area contributed by atoms with Crippen LogP contribution in [-0.2, 0) is 0 Å². The van der Waals surface area contributed by atoms with E-state index in [4.69, 9.17) is 18.9 Å². The van der Waals surface area contributed by atoms with Crippen molar-refractivity contribution in [3.05, 3.63) is 76.1 Å². The maximum atomic E-state index is 13.0. The predicted molar refractivity (Wildman–Crippen MR) is 128 cm³/mol. The molecule has 0 radical (unpaired) electrons. The molecule has 0 unspecified atom stereocenters. The van der Waals surface area contributed by atoms with Gasteiger partial charge in [-0.3, -0.25) is 0 Å². The number of rotatable bonds is 7. The third-order valence-electron chi connectivity index (χ3n) is 5.06. The van der Waals surface area contributed by atoms with Gasteiger partial charge in [-0.2, -0.15) is 0 Å². The van der Waals surface area contributed by atoms with Gasteiger partial charge in [0.25, 0.3) is 0 Å². The number of nitrogens with zero attached hydrogens (tertiary/aromatic N) is 1. The van der Waals surface area contributed by atoms with Crippen molar-refractivity contribution in [3.63, 3.8) is 0 Å². The standard InChI is InChI=1S/C25H23NO5Se/c1-28-19-11-17(12-20(13-19)29-2)6-5-16-7-9-18(10-8-16)26-25(27)21-14-22(30-3)23(31-4)15-24(21)32-26/h5-15H,1-4H3/b6-5+. The summed E-state index contributed by atoms with van der Waals surface area (Å²) >= 11 is -0.166. The Morgan fingerprint density at radius 3 is 1.91 bits per heavy atom. The van der Waals surface area contributed by atoms with Crippen LogP contribution in [0.25, 0.3) is 27.5 Å². The van der Waals surface area contributed by atoms with Gasteiger partial charge in [0.1, 0.15) is 0 Å². The first-order valence-electron chi connectivity index (χ1n) is 9.86. The minimum atomic E-state index is -0.166. The van der Waals surface area contributed by atoms with E-state index in [0.29, 0.717) is 16.9 Å². The van der Waals surface area contributed by atoms with E-state index < -0.39 is 0 Å². The van der Waals surface area contributed by atoms with Gasteiger partial charge in [0.05, 0.1) is 0 Å². The topological polar surface area (TPSA) is 58.9 Å². The number of ether oxygens (including phenoxy) is 4. The Balaban J connectivity index is 1.63. The van der Waals surface area contributed by atoms with Crippen molar-refractivity contribution in [2.45, 2.75) is 0 Å². The fraction of sp³-hybridized carbons (Fsp3) is 0.160. The molecule has 6 nitrogen and oxygen atoms in total. The second kappa shape index (κ2) is 9.38. The molecule has 4 aromatic rings. The summed E-state index contributed by atoms with van der Waals surface area (Å²) in [5, 5.41) is 0.665. The van der Waals surface area contributed by atoms with E-state index in [0.717, 1.165) is 32.6 Å². The van der Waals surface area contributed by atoms with Crippen LogP contribution in [0.1, 0.15) is 11.1 Å². The van der Waals surface area contributed by atoms with Gasteiger partial charge in [0.2, 0.25) is 0 Å². The van der Waals surface area contributed by atoms with Gasteiger partial charge in [-0.05, 0) is 0 Å². The van der Waals surface area contributed by atoms with Crippen LogP contribution in [0.4, 0.5) is 0 Å². The summed E-state index contributed by atoms with van der Waals surface area (Å²) in [6, 6.07) is 17.3. The van der Waals surface area contributed by atoms with Gasteiger partial charge < -0.3 is 0 Å². The Bertz CT molecular complexity index is 1310. The number of fused-ring (bicyclic) bond motifs is 1. The van der Waals surface area contributed by atoms with Crippen LogP contribution in [0.5, 0.6) is 23.0 Å². The van der Waals surface area contributed by atoms with Crippen molar-refractivity contribution < 1.29 is 18.9 Å². The number of aromatic nitrogens is 1. The molecule has 0 atom stereocenters. The molecule has 0 bridgehead atoms. The van der Waals surface area contributed by atoms with Crippen molar-refractivity contribution in [1.29, 1.82) is 0 Å². The Morgan fingerprint density at radius 2 is 1.31 bits per heavy atom. The van der Waals surface area contributed by atoms with Gasteiger partial charge in [0, 0.05) is 0 Å². The second-order valence-corrected chi connectivity index (χ2v) is 9.04. The van der Waals surface area contributed by atoms with Crippen molar-refractivity contribution >= 4 is 36.5 Å². The Hall–Kier alpha value is -3.41. The molecule has 0 aliphatic heterocycles. The van der Waals surface area contributed by atoms with Crippen LogP contribution < -0.4 is 24.5 Å². The molecular weight excluding hydrogens is 473 g/mol. The third kappa shape index (κ3) is 4.31. The molecule has 1 aromatic heterocycles. The first-order valence-corrected chi connectivity index (χ1v) is 11.5. The van der Waals surface area contributed by atoms with E-state index in [1.54, 1.807) is 34.5 Å². The van der Waals surface area contributed by atoms with E-state index in [9.17, 15) is 4.79 Å². The summed E-state index contributed by atoms with van der Waals surface area (Å²) in [7, 11) is 6.43. The Morgan fingerprint density at radius 1 is 0.719 bits per heavy atom. The van der Waals surface area contributed by atoms with Crippen LogP contribution in [0, 0.1) is 0 Å². The van der Waals surface area contributed by atoms with Crippen molar-refractivity contribution in [2.75, 3.05) is 28.4 Å². The summed E-state index contributed by atoms with van der Waals surface area (Å²) in [5.41, 5.74) is 2.84. The van der Waals surface area contributed by atoms with Crippen molar-refractivity contribution in [2.24, 2.45) is 0 Å². The molecule has 0 saturated carbocycles.